The summed E-state index contributed by atoms with van der Waals surface area (Å²) >= 11 is 5.57. The standard InChI is InChI=1S/C14H11BrINO2/c15-12-7-6-11(16)8-13(12)17-14(18)19-9-10-4-2-1-3-5-10/h1-8H,9H2,(H,17,18). The van der Waals surface area contributed by atoms with E-state index in [2.05, 4.69) is 43.8 Å². The van der Waals surface area contributed by atoms with Crippen LogP contribution in [-0.4, -0.2) is 6.09 Å². The van der Waals surface area contributed by atoms with Crippen molar-refractivity contribution < 1.29 is 9.53 Å². The van der Waals surface area contributed by atoms with Crippen LogP contribution in [-0.2, 0) is 11.3 Å². The first kappa shape index (κ1) is 14.3. The molecular formula is C14H11BrINO2. The first-order valence-corrected chi connectivity index (χ1v) is 7.45. The minimum absolute atomic E-state index is 0.258. The molecule has 98 valence electrons. The SMILES string of the molecule is O=C(Nc1cc(I)ccc1Br)OCc1ccccc1. The van der Waals surface area contributed by atoms with E-state index >= 15 is 0 Å². The number of carbonyl (C=O) groups is 1. The molecule has 0 saturated carbocycles. The number of benzene rings is 2. The van der Waals surface area contributed by atoms with Crippen molar-refractivity contribution in [1.82, 2.24) is 0 Å². The molecule has 0 atom stereocenters. The lowest BCUT2D eigenvalue weighted by atomic mass is 10.2. The molecule has 1 amide bonds. The average Bonchev–Trinajstić information content (AvgIpc) is 2.42. The highest BCUT2D eigenvalue weighted by molar-refractivity contribution is 14.1. The van der Waals surface area contributed by atoms with Gasteiger partial charge in [-0.25, -0.2) is 4.79 Å². The quantitative estimate of drug-likeness (QED) is 0.708. The predicted octanol–water partition coefficient (Wildman–Crippen LogP) is 4.80. The summed E-state index contributed by atoms with van der Waals surface area (Å²) in [4.78, 5) is 11.7. The molecule has 0 bridgehead atoms. The van der Waals surface area contributed by atoms with Crippen LogP contribution in [0.1, 0.15) is 5.56 Å². The minimum Gasteiger partial charge on any atom is -0.444 e. The van der Waals surface area contributed by atoms with Gasteiger partial charge in [-0.3, -0.25) is 5.32 Å². The van der Waals surface area contributed by atoms with Crippen molar-refractivity contribution in [3.8, 4) is 0 Å². The van der Waals surface area contributed by atoms with Gasteiger partial charge in [0.15, 0.2) is 0 Å². The van der Waals surface area contributed by atoms with Crippen LogP contribution in [0.2, 0.25) is 0 Å². The second kappa shape index (κ2) is 6.91. The molecule has 0 unspecified atom stereocenters. The number of carbonyl (C=O) groups excluding carboxylic acids is 1. The first-order valence-electron chi connectivity index (χ1n) is 5.58. The second-order valence-electron chi connectivity index (χ2n) is 3.81. The van der Waals surface area contributed by atoms with E-state index in [4.69, 9.17) is 4.74 Å². The Morgan fingerprint density at radius 2 is 1.95 bits per heavy atom. The van der Waals surface area contributed by atoms with E-state index in [-0.39, 0.29) is 6.61 Å². The Hall–Kier alpha value is -1.08. The monoisotopic (exact) mass is 431 g/mol. The lowest BCUT2D eigenvalue weighted by Gasteiger charge is -2.09. The summed E-state index contributed by atoms with van der Waals surface area (Å²) < 4.78 is 7.02. The van der Waals surface area contributed by atoms with E-state index in [1.54, 1.807) is 0 Å². The Kier molecular flexibility index (Phi) is 5.21. The summed E-state index contributed by atoms with van der Waals surface area (Å²) in [7, 11) is 0. The van der Waals surface area contributed by atoms with E-state index in [1.165, 1.54) is 0 Å². The molecule has 0 radical (unpaired) electrons. The fraction of sp³-hybridized carbons (Fsp3) is 0.0714. The number of hydrogen-bond acceptors (Lipinski definition) is 2. The largest absolute Gasteiger partial charge is 0.444 e. The molecule has 0 fully saturated rings. The molecule has 0 saturated heterocycles. The zero-order chi connectivity index (χ0) is 13.7. The van der Waals surface area contributed by atoms with Gasteiger partial charge < -0.3 is 4.74 Å². The molecule has 3 nitrogen and oxygen atoms in total. The van der Waals surface area contributed by atoms with Gasteiger partial charge in [0.2, 0.25) is 0 Å². The number of hydrogen-bond donors (Lipinski definition) is 1. The molecule has 2 aromatic carbocycles. The molecule has 0 heterocycles. The normalized spacial score (nSPS) is 10.0. The molecule has 2 aromatic rings. The third-order valence-electron chi connectivity index (χ3n) is 2.38. The third kappa shape index (κ3) is 4.50. The van der Waals surface area contributed by atoms with Gasteiger partial charge in [0.05, 0.1) is 5.69 Å². The Balaban J connectivity index is 1.93. The molecular weight excluding hydrogens is 421 g/mol. The molecule has 0 aromatic heterocycles. The van der Waals surface area contributed by atoms with Crippen molar-refractivity contribution in [2.75, 3.05) is 5.32 Å². The average molecular weight is 432 g/mol. The Morgan fingerprint density at radius 3 is 2.68 bits per heavy atom. The van der Waals surface area contributed by atoms with Crippen molar-refractivity contribution >= 4 is 50.3 Å². The summed E-state index contributed by atoms with van der Waals surface area (Å²) in [5.74, 6) is 0. The molecule has 0 aliphatic rings. The summed E-state index contributed by atoms with van der Waals surface area (Å²) in [6.45, 7) is 0.258. The highest BCUT2D eigenvalue weighted by Crippen LogP contribution is 2.24. The van der Waals surface area contributed by atoms with Crippen LogP contribution >= 0.6 is 38.5 Å². The Morgan fingerprint density at radius 1 is 1.21 bits per heavy atom. The molecule has 0 aliphatic heterocycles. The van der Waals surface area contributed by atoms with E-state index in [0.29, 0.717) is 5.69 Å². The zero-order valence-electron chi connectivity index (χ0n) is 9.90. The molecule has 2 rings (SSSR count). The van der Waals surface area contributed by atoms with Gasteiger partial charge in [-0.1, -0.05) is 30.3 Å². The van der Waals surface area contributed by atoms with E-state index in [9.17, 15) is 4.79 Å². The maximum atomic E-state index is 11.7. The maximum Gasteiger partial charge on any atom is 0.411 e. The van der Waals surface area contributed by atoms with Crippen molar-refractivity contribution in [3.63, 3.8) is 0 Å². The van der Waals surface area contributed by atoms with Crippen LogP contribution in [0.3, 0.4) is 0 Å². The van der Waals surface area contributed by atoms with Crippen LogP contribution < -0.4 is 5.32 Å². The van der Waals surface area contributed by atoms with Gasteiger partial charge in [0.1, 0.15) is 6.61 Å². The van der Waals surface area contributed by atoms with Gasteiger partial charge in [-0.15, -0.1) is 0 Å². The molecule has 5 heteroatoms. The topological polar surface area (TPSA) is 38.3 Å². The van der Waals surface area contributed by atoms with Gasteiger partial charge in [0, 0.05) is 8.04 Å². The number of rotatable bonds is 3. The van der Waals surface area contributed by atoms with Crippen LogP contribution in [0.4, 0.5) is 10.5 Å². The van der Waals surface area contributed by atoms with Crippen molar-refractivity contribution in [2.45, 2.75) is 6.61 Å². The maximum absolute atomic E-state index is 11.7. The van der Waals surface area contributed by atoms with Gasteiger partial charge in [0.25, 0.3) is 0 Å². The number of halogens is 2. The van der Waals surface area contributed by atoms with Crippen molar-refractivity contribution in [2.24, 2.45) is 0 Å². The fourth-order valence-electron chi connectivity index (χ4n) is 1.46. The Bertz CT molecular complexity index is 575. The van der Waals surface area contributed by atoms with Gasteiger partial charge in [-0.2, -0.15) is 0 Å². The van der Waals surface area contributed by atoms with Crippen LogP contribution in [0, 0.1) is 3.57 Å². The minimum atomic E-state index is -0.466. The van der Waals surface area contributed by atoms with Crippen LogP contribution in [0.15, 0.2) is 53.0 Å². The zero-order valence-corrected chi connectivity index (χ0v) is 13.6. The number of anilines is 1. The van der Waals surface area contributed by atoms with E-state index in [1.807, 2.05) is 48.5 Å². The smallest absolute Gasteiger partial charge is 0.411 e. The van der Waals surface area contributed by atoms with E-state index in [0.717, 1.165) is 13.6 Å². The number of amides is 1. The highest BCUT2D eigenvalue weighted by Gasteiger charge is 2.07. The summed E-state index contributed by atoms with van der Waals surface area (Å²) in [5, 5.41) is 2.71. The lowest BCUT2D eigenvalue weighted by molar-refractivity contribution is 0.155. The molecule has 19 heavy (non-hydrogen) atoms. The first-order chi connectivity index (χ1) is 9.15. The molecule has 0 spiro atoms. The highest BCUT2D eigenvalue weighted by atomic mass is 127. The fourth-order valence-corrected chi connectivity index (χ4v) is 2.30. The lowest BCUT2D eigenvalue weighted by Crippen LogP contribution is -2.13. The number of ether oxygens (including phenoxy) is 1. The summed E-state index contributed by atoms with van der Waals surface area (Å²) in [5.41, 5.74) is 1.66. The predicted molar refractivity (Wildman–Crippen MR) is 87.1 cm³/mol. The Labute approximate surface area is 133 Å². The van der Waals surface area contributed by atoms with Crippen LogP contribution in [0.25, 0.3) is 0 Å². The van der Waals surface area contributed by atoms with Crippen molar-refractivity contribution in [1.29, 1.82) is 0 Å². The van der Waals surface area contributed by atoms with Gasteiger partial charge in [-0.05, 0) is 62.3 Å². The molecule has 0 aliphatic carbocycles. The summed E-state index contributed by atoms with van der Waals surface area (Å²) in [6.07, 6.45) is -0.466. The number of nitrogens with one attached hydrogen (secondary N) is 1. The third-order valence-corrected chi connectivity index (χ3v) is 3.74. The van der Waals surface area contributed by atoms with E-state index < -0.39 is 6.09 Å². The van der Waals surface area contributed by atoms with Crippen molar-refractivity contribution in [3.05, 3.63) is 62.1 Å². The second-order valence-corrected chi connectivity index (χ2v) is 5.91. The summed E-state index contributed by atoms with van der Waals surface area (Å²) in [6, 6.07) is 15.3. The van der Waals surface area contributed by atoms with Gasteiger partial charge >= 0.3 is 6.09 Å². The van der Waals surface area contributed by atoms with Crippen LogP contribution in [0.5, 0.6) is 0 Å². The molecule has 1 N–H and O–H groups in total.